The first-order chi connectivity index (χ1) is 8.31. The van der Waals surface area contributed by atoms with E-state index in [4.69, 9.17) is 0 Å². The Hall–Kier alpha value is -0.450. The topological polar surface area (TPSA) is 28.2 Å². The van der Waals surface area contributed by atoms with Crippen molar-refractivity contribution >= 4 is 11.3 Å². The molecule has 2 unspecified atom stereocenters. The minimum absolute atomic E-state index is 0.452. The predicted molar refractivity (Wildman–Crippen MR) is 73.4 cm³/mol. The van der Waals surface area contributed by atoms with E-state index in [0.29, 0.717) is 6.04 Å². The van der Waals surface area contributed by atoms with Gasteiger partial charge in [-0.2, -0.15) is 0 Å². The maximum absolute atomic E-state index is 4.44. The van der Waals surface area contributed by atoms with Crippen molar-refractivity contribution in [2.75, 3.05) is 26.2 Å². The molecule has 0 amide bonds. The normalized spacial score (nSPS) is 22.9. The van der Waals surface area contributed by atoms with E-state index in [1.165, 1.54) is 38.2 Å². The molecule has 4 heteroatoms. The van der Waals surface area contributed by atoms with E-state index < -0.39 is 0 Å². The van der Waals surface area contributed by atoms with Crippen LogP contribution in [-0.4, -0.2) is 36.1 Å². The van der Waals surface area contributed by atoms with Gasteiger partial charge in [0.15, 0.2) is 0 Å². The minimum Gasteiger partial charge on any atom is -0.316 e. The summed E-state index contributed by atoms with van der Waals surface area (Å²) in [5.41, 5.74) is 3.16. The van der Waals surface area contributed by atoms with E-state index in [9.17, 15) is 0 Å². The molecule has 0 aromatic carbocycles. The molecule has 2 heterocycles. The third-order valence-corrected chi connectivity index (χ3v) is 4.33. The van der Waals surface area contributed by atoms with Gasteiger partial charge in [-0.25, -0.2) is 4.98 Å². The molecule has 0 radical (unpaired) electrons. The molecule has 1 fully saturated rings. The van der Waals surface area contributed by atoms with Crippen LogP contribution in [0.4, 0.5) is 0 Å². The van der Waals surface area contributed by atoms with Crippen LogP contribution in [0.25, 0.3) is 0 Å². The second kappa shape index (κ2) is 6.47. The van der Waals surface area contributed by atoms with Gasteiger partial charge < -0.3 is 5.32 Å². The fraction of sp³-hybridized carbons (Fsp3) is 0.769. The first-order valence-corrected chi connectivity index (χ1v) is 7.58. The van der Waals surface area contributed by atoms with Crippen molar-refractivity contribution in [2.24, 2.45) is 5.92 Å². The van der Waals surface area contributed by atoms with Crippen molar-refractivity contribution in [3.63, 3.8) is 0 Å². The number of hydrogen-bond acceptors (Lipinski definition) is 4. The van der Waals surface area contributed by atoms with E-state index in [1.54, 1.807) is 11.3 Å². The first kappa shape index (κ1) is 13.0. The van der Waals surface area contributed by atoms with Crippen LogP contribution in [-0.2, 0) is 0 Å². The highest BCUT2D eigenvalue weighted by Gasteiger charge is 2.21. The second-order valence-electron chi connectivity index (χ2n) is 4.89. The van der Waals surface area contributed by atoms with E-state index in [1.807, 2.05) is 5.51 Å². The number of nitrogens with one attached hydrogen (secondary N) is 1. The van der Waals surface area contributed by atoms with Crippen molar-refractivity contribution < 1.29 is 0 Å². The van der Waals surface area contributed by atoms with Gasteiger partial charge in [-0.05, 0) is 45.3 Å². The van der Waals surface area contributed by atoms with Crippen molar-refractivity contribution in [1.29, 1.82) is 0 Å². The SMILES string of the molecule is CCN(CC1CCCNC1)C(C)c1cscn1. The smallest absolute Gasteiger partial charge is 0.0795 e. The van der Waals surface area contributed by atoms with Gasteiger partial charge in [0.05, 0.1) is 17.2 Å². The van der Waals surface area contributed by atoms with Crippen LogP contribution in [0.2, 0.25) is 0 Å². The van der Waals surface area contributed by atoms with Gasteiger partial charge in [0, 0.05) is 11.9 Å². The molecular weight excluding hydrogens is 230 g/mol. The Kier molecular flexibility index (Phi) is 4.95. The van der Waals surface area contributed by atoms with Gasteiger partial charge >= 0.3 is 0 Å². The Morgan fingerprint density at radius 1 is 1.65 bits per heavy atom. The average molecular weight is 253 g/mol. The van der Waals surface area contributed by atoms with Crippen molar-refractivity contribution in [3.8, 4) is 0 Å². The molecule has 1 saturated heterocycles. The molecule has 0 saturated carbocycles. The third kappa shape index (κ3) is 3.50. The van der Waals surface area contributed by atoms with Crippen LogP contribution < -0.4 is 5.32 Å². The minimum atomic E-state index is 0.452. The van der Waals surface area contributed by atoms with Crippen LogP contribution in [0.3, 0.4) is 0 Å². The Morgan fingerprint density at radius 3 is 3.12 bits per heavy atom. The van der Waals surface area contributed by atoms with Crippen LogP contribution in [0, 0.1) is 5.92 Å². The summed E-state index contributed by atoms with van der Waals surface area (Å²) in [5.74, 6) is 0.810. The van der Waals surface area contributed by atoms with Crippen LogP contribution in [0.1, 0.15) is 38.4 Å². The summed E-state index contributed by atoms with van der Waals surface area (Å²) in [5, 5.41) is 5.67. The van der Waals surface area contributed by atoms with Crippen molar-refractivity contribution in [3.05, 3.63) is 16.6 Å². The first-order valence-electron chi connectivity index (χ1n) is 6.64. The number of thiazole rings is 1. The summed E-state index contributed by atoms with van der Waals surface area (Å²) >= 11 is 1.69. The lowest BCUT2D eigenvalue weighted by molar-refractivity contribution is 0.169. The standard InChI is InChI=1S/C13H23N3S/c1-3-16(8-12-5-4-6-14-7-12)11(2)13-9-17-10-15-13/h9-12,14H,3-8H2,1-2H3. The Bertz CT molecular complexity index is 306. The molecule has 96 valence electrons. The average Bonchev–Trinajstić information content (AvgIpc) is 2.90. The molecule has 17 heavy (non-hydrogen) atoms. The highest BCUT2D eigenvalue weighted by Crippen LogP contribution is 2.22. The summed E-state index contributed by atoms with van der Waals surface area (Å²) in [7, 11) is 0. The van der Waals surface area contributed by atoms with Crippen LogP contribution in [0.15, 0.2) is 10.9 Å². The zero-order valence-corrected chi connectivity index (χ0v) is 11.7. The zero-order chi connectivity index (χ0) is 12.1. The molecule has 1 aliphatic heterocycles. The summed E-state index contributed by atoms with van der Waals surface area (Å²) in [6.07, 6.45) is 2.70. The number of rotatable bonds is 5. The fourth-order valence-corrected chi connectivity index (χ4v) is 3.23. The number of nitrogens with zero attached hydrogens (tertiary/aromatic N) is 2. The van der Waals surface area contributed by atoms with E-state index >= 15 is 0 Å². The highest BCUT2D eigenvalue weighted by molar-refractivity contribution is 7.07. The lowest BCUT2D eigenvalue weighted by Crippen LogP contribution is -2.39. The molecule has 1 aromatic heterocycles. The van der Waals surface area contributed by atoms with Gasteiger partial charge in [-0.3, -0.25) is 4.90 Å². The Morgan fingerprint density at radius 2 is 2.53 bits per heavy atom. The predicted octanol–water partition coefficient (Wildman–Crippen LogP) is 2.53. The van der Waals surface area contributed by atoms with Crippen molar-refractivity contribution in [2.45, 2.75) is 32.7 Å². The molecule has 2 rings (SSSR count). The van der Waals surface area contributed by atoms with E-state index in [2.05, 4.69) is 34.4 Å². The summed E-state index contributed by atoms with van der Waals surface area (Å²) in [6, 6.07) is 0.452. The molecule has 2 atom stereocenters. The maximum Gasteiger partial charge on any atom is 0.0795 e. The largest absolute Gasteiger partial charge is 0.316 e. The van der Waals surface area contributed by atoms with Gasteiger partial charge in [0.25, 0.3) is 0 Å². The Balaban J connectivity index is 1.91. The molecule has 1 N–H and O–H groups in total. The monoisotopic (exact) mass is 253 g/mol. The van der Waals surface area contributed by atoms with E-state index in [0.717, 1.165) is 12.5 Å². The quantitative estimate of drug-likeness (QED) is 0.874. The molecule has 1 aromatic rings. The summed E-state index contributed by atoms with van der Waals surface area (Å²) in [4.78, 5) is 6.99. The van der Waals surface area contributed by atoms with E-state index in [-0.39, 0.29) is 0 Å². The lowest BCUT2D eigenvalue weighted by atomic mass is 9.98. The number of aromatic nitrogens is 1. The molecular formula is C13H23N3S. The summed E-state index contributed by atoms with van der Waals surface area (Å²) < 4.78 is 0. The molecule has 0 spiro atoms. The van der Waals surface area contributed by atoms with Gasteiger partial charge in [0.1, 0.15) is 0 Å². The number of piperidine rings is 1. The Labute approximate surface area is 108 Å². The van der Waals surface area contributed by atoms with Gasteiger partial charge in [-0.15, -0.1) is 11.3 Å². The van der Waals surface area contributed by atoms with Gasteiger partial charge in [0.2, 0.25) is 0 Å². The third-order valence-electron chi connectivity index (χ3n) is 3.73. The van der Waals surface area contributed by atoms with Crippen LogP contribution in [0.5, 0.6) is 0 Å². The highest BCUT2D eigenvalue weighted by atomic mass is 32.1. The lowest BCUT2D eigenvalue weighted by Gasteiger charge is -2.32. The molecule has 0 bridgehead atoms. The van der Waals surface area contributed by atoms with Gasteiger partial charge in [-0.1, -0.05) is 6.92 Å². The second-order valence-corrected chi connectivity index (χ2v) is 5.61. The molecule has 0 aliphatic carbocycles. The molecule has 1 aliphatic rings. The van der Waals surface area contributed by atoms with Crippen molar-refractivity contribution in [1.82, 2.24) is 15.2 Å². The zero-order valence-electron chi connectivity index (χ0n) is 10.9. The number of hydrogen-bond donors (Lipinski definition) is 1. The molecule has 3 nitrogen and oxygen atoms in total. The summed E-state index contributed by atoms with van der Waals surface area (Å²) in [6.45, 7) is 9.20. The van der Waals surface area contributed by atoms with Crippen LogP contribution >= 0.6 is 11.3 Å². The maximum atomic E-state index is 4.44. The fourth-order valence-electron chi connectivity index (χ4n) is 2.59.